The second-order valence-electron chi connectivity index (χ2n) is 5.49. The maximum atomic E-state index is 13.7. The Morgan fingerprint density at radius 2 is 1.15 bits per heavy atom. The van der Waals surface area contributed by atoms with E-state index in [4.69, 9.17) is 9.47 Å². The molecule has 136 valence electrons. The van der Waals surface area contributed by atoms with Gasteiger partial charge in [0.2, 0.25) is 0 Å². The van der Waals surface area contributed by atoms with E-state index in [0.29, 0.717) is 0 Å². The van der Waals surface area contributed by atoms with Gasteiger partial charge in [0.1, 0.15) is 11.6 Å². The molecule has 2 atom stereocenters. The number of carbonyl (C=O) groups excluding carboxylic acids is 2. The molecule has 6 nitrogen and oxygen atoms in total. The van der Waals surface area contributed by atoms with Gasteiger partial charge < -0.3 is 20.1 Å². The van der Waals surface area contributed by atoms with Gasteiger partial charge in [-0.3, -0.25) is 9.59 Å². The number of rotatable bonds is 4. The van der Waals surface area contributed by atoms with E-state index in [9.17, 15) is 18.4 Å². The molecular formula is C18H16F2N2O4. The largest absolute Gasteiger partial charge is 0.351 e. The average molecular weight is 362 g/mol. The van der Waals surface area contributed by atoms with Crippen molar-refractivity contribution in [2.24, 2.45) is 0 Å². The van der Waals surface area contributed by atoms with Crippen LogP contribution in [0.15, 0.2) is 48.5 Å². The molecule has 1 aliphatic rings. The number of nitrogens with one attached hydrogen (secondary N) is 2. The molecule has 1 fully saturated rings. The number of ether oxygens (including phenoxy) is 2. The second kappa shape index (κ2) is 8.03. The van der Waals surface area contributed by atoms with Crippen LogP contribution in [0.4, 0.5) is 8.78 Å². The van der Waals surface area contributed by atoms with Gasteiger partial charge in [0.25, 0.3) is 11.8 Å². The summed E-state index contributed by atoms with van der Waals surface area (Å²) in [6, 6.07) is 10.9. The number of amides is 2. The number of hydrogen-bond donors (Lipinski definition) is 2. The van der Waals surface area contributed by atoms with Gasteiger partial charge in [0.05, 0.1) is 24.3 Å². The Balaban J connectivity index is 1.70. The lowest BCUT2D eigenvalue weighted by Crippen LogP contribution is -2.57. The predicted molar refractivity (Wildman–Crippen MR) is 87.2 cm³/mol. The van der Waals surface area contributed by atoms with Crippen LogP contribution in [-0.2, 0) is 9.47 Å². The molecule has 0 saturated carbocycles. The minimum atomic E-state index is -1.05. The van der Waals surface area contributed by atoms with Crippen LogP contribution >= 0.6 is 0 Å². The van der Waals surface area contributed by atoms with Crippen molar-refractivity contribution in [1.29, 1.82) is 0 Å². The van der Waals surface area contributed by atoms with Crippen LogP contribution in [0.3, 0.4) is 0 Å². The first-order valence-electron chi connectivity index (χ1n) is 7.90. The van der Waals surface area contributed by atoms with Gasteiger partial charge in [-0.15, -0.1) is 0 Å². The summed E-state index contributed by atoms with van der Waals surface area (Å²) in [4.78, 5) is 24.5. The highest BCUT2D eigenvalue weighted by molar-refractivity contribution is 5.95. The Morgan fingerprint density at radius 1 is 0.769 bits per heavy atom. The van der Waals surface area contributed by atoms with Gasteiger partial charge in [-0.25, -0.2) is 8.78 Å². The van der Waals surface area contributed by atoms with E-state index >= 15 is 0 Å². The molecule has 3 rings (SSSR count). The van der Waals surface area contributed by atoms with Crippen LogP contribution in [0, 0.1) is 11.6 Å². The third-order valence-corrected chi connectivity index (χ3v) is 3.74. The molecule has 2 N–H and O–H groups in total. The lowest BCUT2D eigenvalue weighted by Gasteiger charge is -2.32. The number of carbonyl (C=O) groups is 2. The first kappa shape index (κ1) is 18.0. The van der Waals surface area contributed by atoms with Gasteiger partial charge >= 0.3 is 0 Å². The molecule has 26 heavy (non-hydrogen) atoms. The molecule has 2 amide bonds. The molecule has 0 spiro atoms. The number of halogens is 2. The van der Waals surface area contributed by atoms with Crippen molar-refractivity contribution in [3.05, 3.63) is 71.3 Å². The van der Waals surface area contributed by atoms with Crippen molar-refractivity contribution in [3.63, 3.8) is 0 Å². The fourth-order valence-electron chi connectivity index (χ4n) is 2.46. The van der Waals surface area contributed by atoms with Crippen molar-refractivity contribution < 1.29 is 27.8 Å². The molecule has 0 bridgehead atoms. The highest BCUT2D eigenvalue weighted by Crippen LogP contribution is 2.12. The summed E-state index contributed by atoms with van der Waals surface area (Å²) in [6.45, 7) is 0.350. The SMILES string of the molecule is O=C(N[C@H]1OCCO[C@@H]1NC(=O)c1ccccc1F)c1ccccc1F. The van der Waals surface area contributed by atoms with Crippen LogP contribution in [-0.4, -0.2) is 37.5 Å². The molecule has 1 aliphatic heterocycles. The molecule has 2 aromatic rings. The zero-order valence-electron chi connectivity index (χ0n) is 13.6. The smallest absolute Gasteiger partial charge is 0.256 e. The van der Waals surface area contributed by atoms with Gasteiger partial charge in [-0.2, -0.15) is 0 Å². The fourth-order valence-corrected chi connectivity index (χ4v) is 2.46. The predicted octanol–water partition coefficient (Wildman–Crippen LogP) is 1.82. The summed E-state index contributed by atoms with van der Waals surface area (Å²) in [5.74, 6) is -2.81. The molecule has 0 unspecified atom stereocenters. The van der Waals surface area contributed by atoms with Crippen molar-refractivity contribution >= 4 is 11.8 Å². The summed E-state index contributed by atoms with van der Waals surface area (Å²) in [6.07, 6.45) is -2.10. The van der Waals surface area contributed by atoms with Crippen molar-refractivity contribution in [3.8, 4) is 0 Å². The number of hydrogen-bond acceptors (Lipinski definition) is 4. The highest BCUT2D eigenvalue weighted by Gasteiger charge is 2.31. The zero-order chi connectivity index (χ0) is 18.5. The van der Waals surface area contributed by atoms with E-state index in [2.05, 4.69) is 10.6 Å². The average Bonchev–Trinajstić information content (AvgIpc) is 2.64. The van der Waals surface area contributed by atoms with E-state index in [1.165, 1.54) is 36.4 Å². The van der Waals surface area contributed by atoms with E-state index in [1.807, 2.05) is 0 Å². The minimum Gasteiger partial charge on any atom is -0.351 e. The summed E-state index contributed by atoms with van der Waals surface area (Å²) in [5, 5.41) is 4.93. The van der Waals surface area contributed by atoms with Crippen LogP contribution in [0.5, 0.6) is 0 Å². The Bertz CT molecular complexity index is 748. The van der Waals surface area contributed by atoms with Crippen LogP contribution in [0.25, 0.3) is 0 Å². The van der Waals surface area contributed by atoms with Crippen molar-refractivity contribution in [2.45, 2.75) is 12.5 Å². The van der Waals surface area contributed by atoms with E-state index < -0.39 is 35.9 Å². The van der Waals surface area contributed by atoms with Crippen LogP contribution < -0.4 is 10.6 Å². The standard InChI is InChI=1S/C18H16F2N2O4/c19-13-7-3-1-5-11(13)15(23)21-17-18(26-10-9-25-17)22-16(24)12-6-2-4-8-14(12)20/h1-8,17-18H,9-10H2,(H,21,23)(H,22,24)/t17-,18-/m0/s1. The van der Waals surface area contributed by atoms with Gasteiger partial charge in [-0.1, -0.05) is 24.3 Å². The maximum Gasteiger partial charge on any atom is 0.256 e. The highest BCUT2D eigenvalue weighted by atomic mass is 19.1. The molecule has 1 saturated heterocycles. The normalized spacial score (nSPS) is 19.6. The first-order chi connectivity index (χ1) is 12.6. The van der Waals surface area contributed by atoms with Crippen molar-refractivity contribution in [2.75, 3.05) is 13.2 Å². The Hall–Kier alpha value is -2.84. The van der Waals surface area contributed by atoms with E-state index in [0.717, 1.165) is 12.1 Å². The summed E-state index contributed by atoms with van der Waals surface area (Å²) >= 11 is 0. The Morgan fingerprint density at radius 3 is 1.54 bits per heavy atom. The van der Waals surface area contributed by atoms with E-state index in [-0.39, 0.29) is 24.3 Å². The van der Waals surface area contributed by atoms with Crippen LogP contribution in [0.1, 0.15) is 20.7 Å². The van der Waals surface area contributed by atoms with E-state index in [1.54, 1.807) is 0 Å². The first-order valence-corrected chi connectivity index (χ1v) is 7.90. The molecule has 0 aromatic heterocycles. The maximum absolute atomic E-state index is 13.7. The zero-order valence-corrected chi connectivity index (χ0v) is 13.6. The minimum absolute atomic E-state index is 0.166. The number of benzene rings is 2. The topological polar surface area (TPSA) is 76.7 Å². The monoisotopic (exact) mass is 362 g/mol. The van der Waals surface area contributed by atoms with Crippen molar-refractivity contribution in [1.82, 2.24) is 10.6 Å². The Kier molecular flexibility index (Phi) is 5.55. The summed E-state index contributed by atoms with van der Waals surface area (Å²) < 4.78 is 38.2. The molecule has 1 heterocycles. The third-order valence-electron chi connectivity index (χ3n) is 3.74. The quantitative estimate of drug-likeness (QED) is 0.870. The lowest BCUT2D eigenvalue weighted by molar-refractivity contribution is -0.154. The van der Waals surface area contributed by atoms with Crippen LogP contribution in [0.2, 0.25) is 0 Å². The lowest BCUT2D eigenvalue weighted by atomic mass is 10.2. The van der Waals surface area contributed by atoms with Gasteiger partial charge in [-0.05, 0) is 24.3 Å². The fraction of sp³-hybridized carbons (Fsp3) is 0.222. The van der Waals surface area contributed by atoms with Gasteiger partial charge in [0, 0.05) is 0 Å². The third kappa shape index (κ3) is 4.04. The molecule has 0 radical (unpaired) electrons. The molecule has 2 aromatic carbocycles. The van der Waals surface area contributed by atoms with Gasteiger partial charge in [0.15, 0.2) is 12.5 Å². The molecular weight excluding hydrogens is 346 g/mol. The molecule has 8 heteroatoms. The summed E-state index contributed by atoms with van der Waals surface area (Å²) in [5.41, 5.74) is -0.332. The molecule has 0 aliphatic carbocycles. The summed E-state index contributed by atoms with van der Waals surface area (Å²) in [7, 11) is 0. The second-order valence-corrected chi connectivity index (χ2v) is 5.49. The Labute approximate surface area is 148 Å².